The normalized spacial score (nSPS) is 11.8. The van der Waals surface area contributed by atoms with Crippen LogP contribution < -0.4 is 0 Å². The molecule has 1 N–H and O–H groups in total. The first-order valence-electron chi connectivity index (χ1n) is 8.09. The van der Waals surface area contributed by atoms with Gasteiger partial charge < -0.3 is 5.11 Å². The molecule has 24 heavy (non-hydrogen) atoms. The molecule has 0 spiro atoms. The van der Waals surface area contributed by atoms with Crippen LogP contribution in [0.3, 0.4) is 0 Å². The number of para-hydroxylation sites is 1. The van der Waals surface area contributed by atoms with Crippen molar-refractivity contribution in [1.82, 2.24) is 14.5 Å². The predicted molar refractivity (Wildman–Crippen MR) is 94.9 cm³/mol. The molecule has 0 aliphatic rings. The molecule has 0 radical (unpaired) electrons. The Bertz CT molecular complexity index is 837. The minimum Gasteiger partial charge on any atom is -0.493 e. The van der Waals surface area contributed by atoms with Crippen molar-refractivity contribution in [2.75, 3.05) is 13.1 Å². The first-order chi connectivity index (χ1) is 11.7. The fourth-order valence-electron chi connectivity index (χ4n) is 2.65. The van der Waals surface area contributed by atoms with Crippen LogP contribution in [0, 0.1) is 0 Å². The van der Waals surface area contributed by atoms with Crippen LogP contribution >= 0.6 is 0 Å². The summed E-state index contributed by atoms with van der Waals surface area (Å²) >= 11 is 0. The van der Waals surface area contributed by atoms with E-state index >= 15 is 0 Å². The number of azo groups is 1. The molecule has 3 aromatic rings. The third-order valence-corrected chi connectivity index (χ3v) is 4.06. The Morgan fingerprint density at radius 3 is 2.50 bits per heavy atom. The third kappa shape index (κ3) is 3.14. The van der Waals surface area contributed by atoms with Gasteiger partial charge in [-0.3, -0.25) is 9.47 Å². The second kappa shape index (κ2) is 7.23. The van der Waals surface area contributed by atoms with Gasteiger partial charge >= 0.3 is 0 Å². The van der Waals surface area contributed by atoms with E-state index < -0.39 is 0 Å². The Morgan fingerprint density at radius 1 is 1.04 bits per heavy atom. The molecule has 0 bridgehead atoms. The van der Waals surface area contributed by atoms with Gasteiger partial charge in [-0.05, 0) is 31.3 Å². The van der Waals surface area contributed by atoms with E-state index in [4.69, 9.17) is 0 Å². The van der Waals surface area contributed by atoms with Crippen molar-refractivity contribution >= 4 is 22.4 Å². The lowest BCUT2D eigenvalue weighted by atomic mass is 10.2. The molecule has 0 aliphatic heterocycles. The maximum Gasteiger partial charge on any atom is 0.221 e. The smallest absolute Gasteiger partial charge is 0.221 e. The zero-order valence-corrected chi connectivity index (χ0v) is 13.9. The number of aromatic hydroxyl groups is 1. The molecule has 0 saturated heterocycles. The maximum atomic E-state index is 10.7. The van der Waals surface area contributed by atoms with E-state index in [9.17, 15) is 5.11 Å². The van der Waals surface area contributed by atoms with Gasteiger partial charge in [-0.1, -0.05) is 38.1 Å². The van der Waals surface area contributed by atoms with Crippen molar-refractivity contribution in [2.24, 2.45) is 10.2 Å². The van der Waals surface area contributed by atoms with Gasteiger partial charge in [-0.2, -0.15) is 0 Å². The zero-order chi connectivity index (χ0) is 16.9. The van der Waals surface area contributed by atoms with E-state index in [-0.39, 0.29) is 5.88 Å². The highest BCUT2D eigenvalue weighted by molar-refractivity contribution is 5.94. The van der Waals surface area contributed by atoms with Crippen LogP contribution in [0.15, 0.2) is 58.9 Å². The van der Waals surface area contributed by atoms with Crippen LogP contribution in [0.1, 0.15) is 13.8 Å². The van der Waals surface area contributed by atoms with Crippen molar-refractivity contribution in [3.63, 3.8) is 0 Å². The molecule has 0 atom stereocenters. The quantitative estimate of drug-likeness (QED) is 0.681. The summed E-state index contributed by atoms with van der Waals surface area (Å²) in [6.07, 6.45) is 1.66. The predicted octanol–water partition coefficient (Wildman–Crippen LogP) is 4.46. The molecular formula is C18H21N5O. The molecule has 1 aromatic carbocycles. The minimum absolute atomic E-state index is 0.128. The van der Waals surface area contributed by atoms with Crippen molar-refractivity contribution < 1.29 is 5.11 Å². The van der Waals surface area contributed by atoms with Gasteiger partial charge in [0.25, 0.3) is 0 Å². The molecule has 0 amide bonds. The van der Waals surface area contributed by atoms with Crippen molar-refractivity contribution in [2.45, 2.75) is 20.5 Å². The SMILES string of the molecule is CCN(CC)Cn1c(O)c(N=Nc2ccccn2)c2ccccc21. The van der Waals surface area contributed by atoms with Gasteiger partial charge in [0.2, 0.25) is 5.88 Å². The molecular weight excluding hydrogens is 302 g/mol. The van der Waals surface area contributed by atoms with E-state index in [2.05, 4.69) is 34.0 Å². The molecule has 124 valence electrons. The number of hydrogen-bond donors (Lipinski definition) is 1. The van der Waals surface area contributed by atoms with Crippen LogP contribution in [0.5, 0.6) is 5.88 Å². The summed E-state index contributed by atoms with van der Waals surface area (Å²) in [5.74, 6) is 0.639. The molecule has 0 unspecified atom stereocenters. The summed E-state index contributed by atoms with van der Waals surface area (Å²) in [4.78, 5) is 6.36. The number of rotatable bonds is 6. The van der Waals surface area contributed by atoms with E-state index in [1.165, 1.54) is 0 Å². The number of pyridine rings is 1. The minimum atomic E-state index is 0.128. The summed E-state index contributed by atoms with van der Waals surface area (Å²) in [5.41, 5.74) is 1.42. The van der Waals surface area contributed by atoms with E-state index in [0.717, 1.165) is 24.0 Å². The summed E-state index contributed by atoms with van der Waals surface area (Å²) in [5, 5.41) is 20.0. The van der Waals surface area contributed by atoms with Crippen LogP contribution in [0.4, 0.5) is 11.5 Å². The largest absolute Gasteiger partial charge is 0.493 e. The molecule has 3 rings (SSSR count). The number of benzene rings is 1. The van der Waals surface area contributed by atoms with Crippen LogP contribution in [-0.2, 0) is 6.67 Å². The summed E-state index contributed by atoms with van der Waals surface area (Å²) in [6.45, 7) is 6.64. The molecule has 6 nitrogen and oxygen atoms in total. The summed E-state index contributed by atoms with van der Waals surface area (Å²) in [7, 11) is 0. The highest BCUT2D eigenvalue weighted by Gasteiger charge is 2.17. The Hall–Kier alpha value is -2.73. The Labute approximate surface area is 141 Å². The number of aromatic nitrogens is 2. The van der Waals surface area contributed by atoms with Crippen molar-refractivity contribution in [3.05, 3.63) is 48.7 Å². The van der Waals surface area contributed by atoms with Gasteiger partial charge in [0, 0.05) is 11.6 Å². The van der Waals surface area contributed by atoms with E-state index in [1.54, 1.807) is 12.3 Å². The number of fused-ring (bicyclic) bond motifs is 1. The summed E-state index contributed by atoms with van der Waals surface area (Å²) < 4.78 is 1.87. The van der Waals surface area contributed by atoms with Crippen LogP contribution in [0.25, 0.3) is 10.9 Å². The highest BCUT2D eigenvalue weighted by Crippen LogP contribution is 2.39. The molecule has 0 aliphatic carbocycles. The van der Waals surface area contributed by atoms with E-state index in [1.807, 2.05) is 41.0 Å². The second-order valence-electron chi connectivity index (χ2n) is 5.45. The lowest BCUT2D eigenvalue weighted by molar-refractivity contribution is 0.233. The maximum absolute atomic E-state index is 10.7. The monoisotopic (exact) mass is 323 g/mol. The fraction of sp³-hybridized carbons (Fsp3) is 0.278. The average molecular weight is 323 g/mol. The summed E-state index contributed by atoms with van der Waals surface area (Å²) in [6, 6.07) is 13.3. The first-order valence-corrected chi connectivity index (χ1v) is 8.09. The van der Waals surface area contributed by atoms with Crippen LogP contribution in [0.2, 0.25) is 0 Å². The molecule has 6 heteroatoms. The average Bonchev–Trinajstić information content (AvgIpc) is 2.90. The van der Waals surface area contributed by atoms with Crippen LogP contribution in [-0.4, -0.2) is 32.6 Å². The highest BCUT2D eigenvalue weighted by atomic mass is 16.3. The Kier molecular flexibility index (Phi) is 4.86. The second-order valence-corrected chi connectivity index (χ2v) is 5.45. The zero-order valence-electron chi connectivity index (χ0n) is 13.9. The van der Waals surface area contributed by atoms with Crippen molar-refractivity contribution in [1.29, 1.82) is 0 Å². The van der Waals surface area contributed by atoms with Gasteiger partial charge in [-0.15, -0.1) is 10.2 Å². The molecule has 2 heterocycles. The lowest BCUT2D eigenvalue weighted by Crippen LogP contribution is -2.25. The first kappa shape index (κ1) is 16.1. The van der Waals surface area contributed by atoms with Crippen molar-refractivity contribution in [3.8, 4) is 5.88 Å². The topological polar surface area (TPSA) is 66.0 Å². The fourth-order valence-corrected chi connectivity index (χ4v) is 2.65. The molecule has 0 fully saturated rings. The molecule has 2 aromatic heterocycles. The Balaban J connectivity index is 2.05. The third-order valence-electron chi connectivity index (χ3n) is 4.06. The number of hydrogen-bond acceptors (Lipinski definition) is 5. The lowest BCUT2D eigenvalue weighted by Gasteiger charge is -2.19. The van der Waals surface area contributed by atoms with Gasteiger partial charge in [0.1, 0.15) is 0 Å². The number of nitrogens with zero attached hydrogens (tertiary/aromatic N) is 5. The van der Waals surface area contributed by atoms with Gasteiger partial charge in [0.05, 0.1) is 12.2 Å². The van der Waals surface area contributed by atoms with Gasteiger partial charge in [-0.25, -0.2) is 4.98 Å². The molecule has 0 saturated carbocycles. The Morgan fingerprint density at radius 2 is 1.79 bits per heavy atom. The standard InChI is InChI=1S/C18H21N5O/c1-3-22(4-2)13-23-15-10-6-5-9-14(15)17(18(23)24)21-20-16-11-7-8-12-19-16/h5-12,24H,3-4,13H2,1-2H3. The van der Waals surface area contributed by atoms with E-state index in [0.29, 0.717) is 18.2 Å². The van der Waals surface area contributed by atoms with Gasteiger partial charge in [0.15, 0.2) is 11.5 Å².